The lowest BCUT2D eigenvalue weighted by Crippen LogP contribution is -2.40. The number of carbonyl (C=O) groups is 3. The zero-order valence-electron chi connectivity index (χ0n) is 15.4. The van der Waals surface area contributed by atoms with E-state index in [1.165, 1.54) is 20.1 Å². The van der Waals surface area contributed by atoms with Gasteiger partial charge in [-0.25, -0.2) is 4.79 Å². The first kappa shape index (κ1) is 18.9. The van der Waals surface area contributed by atoms with E-state index < -0.39 is 29.4 Å². The van der Waals surface area contributed by atoms with E-state index in [0.29, 0.717) is 23.2 Å². The van der Waals surface area contributed by atoms with Crippen LogP contribution in [-0.4, -0.2) is 41.7 Å². The summed E-state index contributed by atoms with van der Waals surface area (Å²) < 4.78 is 16.6. The molecule has 3 aliphatic rings. The molecule has 1 heterocycles. The molecule has 0 saturated heterocycles. The van der Waals surface area contributed by atoms with Gasteiger partial charge < -0.3 is 29.2 Å². The molecule has 0 radical (unpaired) electrons. The summed E-state index contributed by atoms with van der Waals surface area (Å²) in [5.41, 5.74) is -0.742. The van der Waals surface area contributed by atoms with Crippen LogP contribution in [-0.2, 0) is 28.6 Å². The molecule has 8 nitrogen and oxygen atoms in total. The molecule has 0 bridgehead atoms. The quantitative estimate of drug-likeness (QED) is 0.563. The Morgan fingerprint density at radius 3 is 2.59 bits per heavy atom. The van der Waals surface area contributed by atoms with E-state index in [0.717, 1.165) is 0 Å². The van der Waals surface area contributed by atoms with Gasteiger partial charge in [-0.2, -0.15) is 0 Å². The molecule has 8 heteroatoms. The number of carboxylic acids is 1. The Morgan fingerprint density at radius 2 is 2.04 bits per heavy atom. The van der Waals surface area contributed by atoms with Crippen LogP contribution in [0.15, 0.2) is 45.8 Å². The SMILES string of the molecule is COC1=C(C)C2=C(OC3=C(C(=O)O2)C(C)=CC(O)C3(C)C=O)C(C(=O)O)C1. The number of rotatable bonds is 3. The molecule has 0 aromatic rings. The topological polar surface area (TPSA) is 119 Å². The molecular formula is C19H20O8. The highest BCUT2D eigenvalue weighted by Gasteiger charge is 2.49. The van der Waals surface area contributed by atoms with Crippen molar-refractivity contribution < 1.29 is 38.8 Å². The van der Waals surface area contributed by atoms with E-state index in [4.69, 9.17) is 14.2 Å². The lowest BCUT2D eigenvalue weighted by molar-refractivity contribution is -0.142. The monoisotopic (exact) mass is 376 g/mol. The first-order chi connectivity index (χ1) is 12.7. The Labute approximate surface area is 155 Å². The standard InChI is InChI=1S/C19H20O8/c1-8-5-12(21)19(3,7-20)16-13(8)18(24)27-14-9(2)11(25-4)6-10(17(22)23)15(14)26-16/h5,7,10,12,21H,6H2,1-4H3,(H,22,23). The van der Waals surface area contributed by atoms with E-state index in [-0.39, 0.29) is 29.3 Å². The fourth-order valence-corrected chi connectivity index (χ4v) is 3.45. The smallest absolute Gasteiger partial charge is 0.347 e. The van der Waals surface area contributed by atoms with Gasteiger partial charge in [0.25, 0.3) is 0 Å². The second kappa shape index (κ2) is 6.38. The highest BCUT2D eigenvalue weighted by Crippen LogP contribution is 2.47. The highest BCUT2D eigenvalue weighted by molar-refractivity contribution is 5.97. The van der Waals surface area contributed by atoms with Crippen molar-refractivity contribution in [3.63, 3.8) is 0 Å². The molecule has 0 spiro atoms. The largest absolute Gasteiger partial charge is 0.501 e. The van der Waals surface area contributed by atoms with Gasteiger partial charge in [-0.3, -0.25) is 4.79 Å². The molecule has 2 N–H and O–H groups in total. The number of hydrogen-bond acceptors (Lipinski definition) is 7. The van der Waals surface area contributed by atoms with Gasteiger partial charge in [-0.1, -0.05) is 6.08 Å². The maximum atomic E-state index is 12.8. The molecule has 0 aromatic heterocycles. The first-order valence-corrected chi connectivity index (χ1v) is 8.34. The minimum Gasteiger partial charge on any atom is -0.501 e. The zero-order chi connectivity index (χ0) is 20.1. The van der Waals surface area contributed by atoms with Crippen molar-refractivity contribution in [2.24, 2.45) is 11.3 Å². The molecule has 1 aliphatic heterocycles. The maximum Gasteiger partial charge on any atom is 0.347 e. The number of allylic oxidation sites excluding steroid dienone is 2. The van der Waals surface area contributed by atoms with Gasteiger partial charge in [0.15, 0.2) is 11.5 Å². The number of ether oxygens (including phenoxy) is 3. The van der Waals surface area contributed by atoms with Gasteiger partial charge in [0.2, 0.25) is 0 Å². The Morgan fingerprint density at radius 1 is 1.37 bits per heavy atom. The summed E-state index contributed by atoms with van der Waals surface area (Å²) in [4.78, 5) is 36.4. The van der Waals surface area contributed by atoms with Gasteiger partial charge in [0.05, 0.1) is 13.2 Å². The molecule has 2 aliphatic carbocycles. The predicted molar refractivity (Wildman–Crippen MR) is 90.6 cm³/mol. The molecule has 0 fully saturated rings. The summed E-state index contributed by atoms with van der Waals surface area (Å²) in [6.45, 7) is 4.63. The number of carboxylic acid groups (broad SMARTS) is 1. The number of esters is 1. The van der Waals surface area contributed by atoms with Crippen molar-refractivity contribution >= 4 is 18.2 Å². The molecule has 144 valence electrons. The number of aliphatic hydroxyl groups excluding tert-OH is 1. The maximum absolute atomic E-state index is 12.8. The molecule has 3 unspecified atom stereocenters. The van der Waals surface area contributed by atoms with Crippen molar-refractivity contribution in [3.8, 4) is 0 Å². The number of aldehydes is 1. The number of methoxy groups -OCH3 is 1. The highest BCUT2D eigenvalue weighted by atomic mass is 16.6. The number of aliphatic carboxylic acids is 1. The normalized spacial score (nSPS) is 30.6. The Hall–Kier alpha value is -2.87. The third-order valence-corrected chi connectivity index (χ3v) is 5.22. The summed E-state index contributed by atoms with van der Waals surface area (Å²) >= 11 is 0. The molecule has 0 amide bonds. The minimum absolute atomic E-state index is 0.000190. The fourth-order valence-electron chi connectivity index (χ4n) is 3.45. The average Bonchev–Trinajstić information content (AvgIpc) is 2.77. The average molecular weight is 376 g/mol. The van der Waals surface area contributed by atoms with E-state index >= 15 is 0 Å². The molecule has 3 rings (SSSR count). The first-order valence-electron chi connectivity index (χ1n) is 8.34. The van der Waals surface area contributed by atoms with Crippen LogP contribution in [0.5, 0.6) is 0 Å². The van der Waals surface area contributed by atoms with E-state index in [2.05, 4.69) is 0 Å². The lowest BCUT2D eigenvalue weighted by Gasteiger charge is -2.35. The van der Waals surface area contributed by atoms with Crippen molar-refractivity contribution in [2.45, 2.75) is 33.3 Å². The van der Waals surface area contributed by atoms with Crippen LogP contribution in [0.2, 0.25) is 0 Å². The van der Waals surface area contributed by atoms with E-state index in [1.807, 2.05) is 0 Å². The van der Waals surface area contributed by atoms with Crippen LogP contribution in [0, 0.1) is 11.3 Å². The van der Waals surface area contributed by atoms with Crippen LogP contribution in [0.4, 0.5) is 0 Å². The molecule has 0 aromatic carbocycles. The van der Waals surface area contributed by atoms with Crippen molar-refractivity contribution in [1.82, 2.24) is 0 Å². The summed E-state index contributed by atoms with van der Waals surface area (Å²) in [6, 6.07) is 0. The van der Waals surface area contributed by atoms with Crippen LogP contribution >= 0.6 is 0 Å². The van der Waals surface area contributed by atoms with Gasteiger partial charge in [0, 0.05) is 12.0 Å². The zero-order valence-corrected chi connectivity index (χ0v) is 15.4. The van der Waals surface area contributed by atoms with Crippen LogP contribution < -0.4 is 0 Å². The van der Waals surface area contributed by atoms with Crippen molar-refractivity contribution in [3.05, 3.63) is 45.8 Å². The minimum atomic E-state index is -1.56. The Bertz CT molecular complexity index is 872. The molecule has 27 heavy (non-hydrogen) atoms. The summed E-state index contributed by atoms with van der Waals surface area (Å²) in [5, 5.41) is 20.0. The van der Waals surface area contributed by atoms with Crippen LogP contribution in [0.25, 0.3) is 0 Å². The number of aliphatic hydroxyl groups is 1. The molecule has 0 saturated carbocycles. The van der Waals surface area contributed by atoms with Gasteiger partial charge in [0.1, 0.15) is 34.7 Å². The summed E-state index contributed by atoms with van der Waals surface area (Å²) in [7, 11) is 1.40. The third kappa shape index (κ3) is 2.68. The van der Waals surface area contributed by atoms with Crippen LogP contribution in [0.3, 0.4) is 0 Å². The van der Waals surface area contributed by atoms with E-state index in [1.54, 1.807) is 13.8 Å². The summed E-state index contributed by atoms with van der Waals surface area (Å²) in [6.07, 6.45) is 0.629. The second-order valence-corrected chi connectivity index (χ2v) is 6.93. The second-order valence-electron chi connectivity index (χ2n) is 6.93. The van der Waals surface area contributed by atoms with Crippen molar-refractivity contribution in [1.29, 1.82) is 0 Å². The summed E-state index contributed by atoms with van der Waals surface area (Å²) in [5.74, 6) is -3.03. The third-order valence-electron chi connectivity index (χ3n) is 5.22. The van der Waals surface area contributed by atoms with Gasteiger partial charge in [-0.15, -0.1) is 0 Å². The molecule has 3 atom stereocenters. The van der Waals surface area contributed by atoms with Crippen molar-refractivity contribution in [2.75, 3.05) is 7.11 Å². The molecular weight excluding hydrogens is 356 g/mol. The number of carbonyl (C=O) groups excluding carboxylic acids is 2. The lowest BCUT2D eigenvalue weighted by atomic mass is 9.75. The van der Waals surface area contributed by atoms with E-state index in [9.17, 15) is 24.6 Å². The van der Waals surface area contributed by atoms with Crippen LogP contribution in [0.1, 0.15) is 27.2 Å². The van der Waals surface area contributed by atoms with Gasteiger partial charge in [-0.05, 0) is 26.3 Å². The number of hydrogen-bond donors (Lipinski definition) is 2. The predicted octanol–water partition coefficient (Wildman–Crippen LogP) is 1.58. The Balaban J connectivity index is 2.25. The fraction of sp³-hybridized carbons (Fsp3) is 0.421. The Kier molecular flexibility index (Phi) is 4.47. The van der Waals surface area contributed by atoms with Gasteiger partial charge >= 0.3 is 11.9 Å².